The molecule has 1 aliphatic rings. The summed E-state index contributed by atoms with van der Waals surface area (Å²) in [7, 11) is 1.70. The van der Waals surface area contributed by atoms with Crippen LogP contribution in [0.1, 0.15) is 15.9 Å². The number of aryl methyl sites for hydroxylation is 1. The van der Waals surface area contributed by atoms with Crippen LogP contribution in [0.25, 0.3) is 0 Å². The van der Waals surface area contributed by atoms with Gasteiger partial charge in [0, 0.05) is 25.8 Å². The third-order valence-electron chi connectivity index (χ3n) is 3.45. The summed E-state index contributed by atoms with van der Waals surface area (Å²) in [5.74, 6) is -1.11. The van der Waals surface area contributed by atoms with E-state index in [2.05, 4.69) is 5.32 Å². The highest BCUT2D eigenvalue weighted by atomic mass is 16.4. The molecule has 1 saturated heterocycles. The third kappa shape index (κ3) is 3.31. The quantitative estimate of drug-likeness (QED) is 0.850. The highest BCUT2D eigenvalue weighted by Gasteiger charge is 2.24. The SMILES string of the molecule is Cc1cc(NC(=O)N2CCN(C)C(=O)C2)ccc1C(=O)O. The number of benzene rings is 1. The van der Waals surface area contributed by atoms with Crippen LogP contribution in [0, 0.1) is 6.92 Å². The molecule has 0 bridgehead atoms. The van der Waals surface area contributed by atoms with E-state index in [0.717, 1.165) is 0 Å². The van der Waals surface area contributed by atoms with Gasteiger partial charge in [0.1, 0.15) is 6.54 Å². The second kappa shape index (κ2) is 5.82. The predicted molar refractivity (Wildman–Crippen MR) is 76.4 cm³/mol. The zero-order chi connectivity index (χ0) is 15.6. The Morgan fingerprint density at radius 1 is 1.29 bits per heavy atom. The summed E-state index contributed by atoms with van der Waals surface area (Å²) in [5, 5.41) is 11.6. The Kier molecular flexibility index (Phi) is 4.11. The van der Waals surface area contributed by atoms with Crippen LogP contribution in [-0.2, 0) is 4.79 Å². The van der Waals surface area contributed by atoms with E-state index in [4.69, 9.17) is 5.11 Å². The van der Waals surface area contributed by atoms with Gasteiger partial charge in [0.25, 0.3) is 0 Å². The summed E-state index contributed by atoms with van der Waals surface area (Å²) in [5.41, 5.74) is 1.27. The zero-order valence-corrected chi connectivity index (χ0v) is 11.9. The number of nitrogens with zero attached hydrogens (tertiary/aromatic N) is 2. The van der Waals surface area contributed by atoms with Gasteiger partial charge in [0.05, 0.1) is 5.56 Å². The van der Waals surface area contributed by atoms with E-state index in [1.165, 1.54) is 17.0 Å². The number of carbonyl (C=O) groups is 3. The van der Waals surface area contributed by atoms with Crippen molar-refractivity contribution < 1.29 is 19.5 Å². The molecule has 1 aromatic rings. The number of rotatable bonds is 2. The fraction of sp³-hybridized carbons (Fsp3) is 0.357. The number of carboxylic acids is 1. The van der Waals surface area contributed by atoms with Crippen molar-refractivity contribution >= 4 is 23.6 Å². The minimum Gasteiger partial charge on any atom is -0.478 e. The van der Waals surface area contributed by atoms with E-state index in [9.17, 15) is 14.4 Å². The minimum absolute atomic E-state index is 0.0501. The van der Waals surface area contributed by atoms with Gasteiger partial charge in [-0.3, -0.25) is 4.79 Å². The summed E-state index contributed by atoms with van der Waals surface area (Å²) < 4.78 is 0. The molecule has 0 aliphatic carbocycles. The summed E-state index contributed by atoms with van der Waals surface area (Å²) in [6, 6.07) is 4.22. The van der Waals surface area contributed by atoms with Crippen molar-refractivity contribution in [2.24, 2.45) is 0 Å². The molecule has 0 saturated carbocycles. The molecule has 0 unspecified atom stereocenters. The van der Waals surface area contributed by atoms with Crippen molar-refractivity contribution in [1.82, 2.24) is 9.80 Å². The van der Waals surface area contributed by atoms with E-state index in [1.807, 2.05) is 0 Å². The van der Waals surface area contributed by atoms with E-state index >= 15 is 0 Å². The van der Waals surface area contributed by atoms with Gasteiger partial charge in [-0.25, -0.2) is 9.59 Å². The number of urea groups is 1. The maximum Gasteiger partial charge on any atom is 0.335 e. The van der Waals surface area contributed by atoms with Gasteiger partial charge in [0.15, 0.2) is 0 Å². The van der Waals surface area contributed by atoms with Crippen molar-refractivity contribution in [1.29, 1.82) is 0 Å². The first-order valence-corrected chi connectivity index (χ1v) is 6.52. The molecule has 7 nitrogen and oxygen atoms in total. The average Bonchev–Trinajstić information content (AvgIpc) is 2.41. The molecule has 1 fully saturated rings. The van der Waals surface area contributed by atoms with Crippen LogP contribution in [0.15, 0.2) is 18.2 Å². The van der Waals surface area contributed by atoms with Gasteiger partial charge in [-0.15, -0.1) is 0 Å². The average molecular weight is 291 g/mol. The molecule has 0 atom stereocenters. The summed E-state index contributed by atoms with van der Waals surface area (Å²) in [6.45, 7) is 2.69. The molecule has 21 heavy (non-hydrogen) atoms. The molecule has 1 aromatic carbocycles. The summed E-state index contributed by atoms with van der Waals surface area (Å²) in [4.78, 5) is 37.6. The fourth-order valence-corrected chi connectivity index (χ4v) is 2.12. The lowest BCUT2D eigenvalue weighted by Crippen LogP contribution is -2.51. The Hall–Kier alpha value is -2.57. The first-order valence-electron chi connectivity index (χ1n) is 6.52. The molecule has 1 aliphatic heterocycles. The molecule has 7 heteroatoms. The Morgan fingerprint density at radius 3 is 2.57 bits per heavy atom. The smallest absolute Gasteiger partial charge is 0.335 e. The van der Waals surface area contributed by atoms with Gasteiger partial charge in [-0.2, -0.15) is 0 Å². The Morgan fingerprint density at radius 2 is 2.00 bits per heavy atom. The molecule has 0 spiro atoms. The normalized spacial score (nSPS) is 15.0. The molecule has 2 N–H and O–H groups in total. The number of carboxylic acid groups (broad SMARTS) is 1. The van der Waals surface area contributed by atoms with Crippen LogP contribution >= 0.6 is 0 Å². The number of aromatic carboxylic acids is 1. The maximum absolute atomic E-state index is 12.1. The summed E-state index contributed by atoms with van der Waals surface area (Å²) >= 11 is 0. The van der Waals surface area contributed by atoms with Gasteiger partial charge in [-0.1, -0.05) is 0 Å². The molecule has 3 amide bonds. The molecule has 0 aromatic heterocycles. The number of likely N-dealkylation sites (N-methyl/N-ethyl adjacent to an activating group) is 1. The van der Waals surface area contributed by atoms with E-state index in [-0.39, 0.29) is 24.0 Å². The van der Waals surface area contributed by atoms with Crippen LogP contribution < -0.4 is 5.32 Å². The predicted octanol–water partition coefficient (Wildman–Crippen LogP) is 0.999. The fourth-order valence-electron chi connectivity index (χ4n) is 2.12. The van der Waals surface area contributed by atoms with Crippen LogP contribution in [0.2, 0.25) is 0 Å². The van der Waals surface area contributed by atoms with E-state index in [0.29, 0.717) is 24.3 Å². The van der Waals surface area contributed by atoms with Crippen LogP contribution in [0.4, 0.5) is 10.5 Å². The second-order valence-electron chi connectivity index (χ2n) is 5.00. The van der Waals surface area contributed by atoms with E-state index in [1.54, 1.807) is 24.9 Å². The third-order valence-corrected chi connectivity index (χ3v) is 3.45. The Bertz CT molecular complexity index is 600. The number of piperazine rings is 1. The number of anilines is 1. The van der Waals surface area contributed by atoms with E-state index < -0.39 is 5.97 Å². The van der Waals surface area contributed by atoms with Gasteiger partial charge >= 0.3 is 12.0 Å². The lowest BCUT2D eigenvalue weighted by molar-refractivity contribution is -0.133. The number of carbonyl (C=O) groups excluding carboxylic acids is 2. The molecule has 2 rings (SSSR count). The van der Waals surface area contributed by atoms with Crippen molar-refractivity contribution in [2.75, 3.05) is 32.0 Å². The highest BCUT2D eigenvalue weighted by molar-refractivity contribution is 5.94. The number of amides is 3. The Balaban J connectivity index is 2.05. The monoisotopic (exact) mass is 291 g/mol. The maximum atomic E-state index is 12.1. The molecular formula is C14H17N3O4. The zero-order valence-electron chi connectivity index (χ0n) is 11.9. The van der Waals surface area contributed by atoms with Crippen molar-refractivity contribution in [3.63, 3.8) is 0 Å². The number of hydrogen-bond acceptors (Lipinski definition) is 3. The van der Waals surface area contributed by atoms with Gasteiger partial charge in [0.2, 0.25) is 5.91 Å². The van der Waals surface area contributed by atoms with Crippen LogP contribution in [0.3, 0.4) is 0 Å². The molecular weight excluding hydrogens is 274 g/mol. The van der Waals surface area contributed by atoms with Crippen molar-refractivity contribution in [3.8, 4) is 0 Å². The standard InChI is InChI=1S/C14H17N3O4/c1-9-7-10(3-4-11(9)13(19)20)15-14(21)17-6-5-16(2)12(18)8-17/h3-4,7H,5-6,8H2,1-2H3,(H,15,21)(H,19,20). The largest absolute Gasteiger partial charge is 0.478 e. The molecule has 0 radical (unpaired) electrons. The van der Waals surface area contributed by atoms with Crippen molar-refractivity contribution in [2.45, 2.75) is 6.92 Å². The molecule has 112 valence electrons. The first kappa shape index (κ1) is 14.8. The van der Waals surface area contributed by atoms with Crippen LogP contribution in [-0.4, -0.2) is 59.5 Å². The molecule has 1 heterocycles. The second-order valence-corrected chi connectivity index (χ2v) is 5.00. The lowest BCUT2D eigenvalue weighted by Gasteiger charge is -2.31. The Labute approximate surface area is 122 Å². The number of nitrogens with one attached hydrogen (secondary N) is 1. The lowest BCUT2D eigenvalue weighted by atomic mass is 10.1. The summed E-state index contributed by atoms with van der Waals surface area (Å²) in [6.07, 6.45) is 0. The minimum atomic E-state index is -1.00. The van der Waals surface area contributed by atoms with Crippen LogP contribution in [0.5, 0.6) is 0 Å². The van der Waals surface area contributed by atoms with Gasteiger partial charge in [-0.05, 0) is 30.7 Å². The number of hydrogen-bond donors (Lipinski definition) is 2. The topological polar surface area (TPSA) is 90.0 Å². The highest BCUT2D eigenvalue weighted by Crippen LogP contribution is 2.16. The first-order chi connectivity index (χ1) is 9.88. The van der Waals surface area contributed by atoms with Gasteiger partial charge < -0.3 is 20.2 Å². The van der Waals surface area contributed by atoms with Crippen molar-refractivity contribution in [3.05, 3.63) is 29.3 Å².